The third kappa shape index (κ3) is 5.45. The smallest absolute Gasteiger partial charge is 0.250 e. The van der Waals surface area contributed by atoms with E-state index in [1.807, 2.05) is 49.4 Å². The lowest BCUT2D eigenvalue weighted by molar-refractivity contribution is -0.132. The van der Waals surface area contributed by atoms with Crippen molar-refractivity contribution >= 4 is 35.7 Å². The number of hydrogen-bond acceptors (Lipinski definition) is 5. The van der Waals surface area contributed by atoms with Crippen LogP contribution in [0.3, 0.4) is 0 Å². The lowest BCUT2D eigenvalue weighted by atomic mass is 9.99. The van der Waals surface area contributed by atoms with Crippen LogP contribution < -0.4 is 11.5 Å². The van der Waals surface area contributed by atoms with Crippen molar-refractivity contribution in [2.24, 2.45) is 16.5 Å². The number of amidine groups is 1. The number of aldehydes is 1. The molecule has 0 fully saturated rings. The zero-order valence-corrected chi connectivity index (χ0v) is 17.5. The number of fused-ring (bicyclic) bond motifs is 1. The maximum atomic E-state index is 13.0. The number of rotatable bonds is 8. The highest BCUT2D eigenvalue weighted by Gasteiger charge is 2.22. The number of nitrogens with zero attached hydrogens (tertiary/aromatic N) is 2. The van der Waals surface area contributed by atoms with Crippen LogP contribution >= 0.6 is 0 Å². The predicted octanol–water partition coefficient (Wildman–Crippen LogP) is 2.59. The molecule has 4 N–H and O–H groups in total. The van der Waals surface area contributed by atoms with Crippen molar-refractivity contribution in [2.45, 2.75) is 26.2 Å². The van der Waals surface area contributed by atoms with E-state index < -0.39 is 5.91 Å². The minimum absolute atomic E-state index is 0.132. The molecule has 2 amide bonds. The van der Waals surface area contributed by atoms with E-state index in [0.29, 0.717) is 36.5 Å². The number of aliphatic imine (C=N–C) groups is 1. The first-order chi connectivity index (χ1) is 14.9. The summed E-state index contributed by atoms with van der Waals surface area (Å²) in [6.45, 7) is 2.23. The Morgan fingerprint density at radius 1 is 1.13 bits per heavy atom. The van der Waals surface area contributed by atoms with Crippen molar-refractivity contribution in [3.63, 3.8) is 0 Å². The summed E-state index contributed by atoms with van der Waals surface area (Å²) >= 11 is 0. The summed E-state index contributed by atoms with van der Waals surface area (Å²) in [5.74, 6) is -0.490. The Bertz CT molecular complexity index is 1050. The Morgan fingerprint density at radius 3 is 2.48 bits per heavy atom. The van der Waals surface area contributed by atoms with Crippen LogP contribution in [0.2, 0.25) is 0 Å². The van der Waals surface area contributed by atoms with Crippen LogP contribution in [-0.2, 0) is 20.8 Å². The van der Waals surface area contributed by atoms with Crippen molar-refractivity contribution in [1.82, 2.24) is 4.90 Å². The topological polar surface area (TPSA) is 119 Å². The van der Waals surface area contributed by atoms with Gasteiger partial charge >= 0.3 is 0 Å². The molecule has 0 unspecified atom stereocenters. The van der Waals surface area contributed by atoms with E-state index in [2.05, 4.69) is 4.99 Å². The molecule has 160 valence electrons. The zero-order chi connectivity index (χ0) is 22.4. The van der Waals surface area contributed by atoms with Crippen LogP contribution in [0, 0.1) is 0 Å². The SMILES string of the molecule is CCCN(CC(N)=O)C(=O)C1=Cc2ccc(-c3ccc(CC=O)cc3)cc2N=C(N)C1. The Balaban J connectivity index is 1.93. The monoisotopic (exact) mass is 418 g/mol. The van der Waals surface area contributed by atoms with Gasteiger partial charge in [-0.05, 0) is 35.3 Å². The molecule has 0 saturated carbocycles. The molecule has 0 aromatic heterocycles. The maximum Gasteiger partial charge on any atom is 0.250 e. The lowest BCUT2D eigenvalue weighted by Gasteiger charge is -2.21. The first-order valence-corrected chi connectivity index (χ1v) is 10.2. The van der Waals surface area contributed by atoms with Crippen LogP contribution in [0.15, 0.2) is 53.0 Å². The third-order valence-electron chi connectivity index (χ3n) is 5.00. The second kappa shape index (κ2) is 9.84. The highest BCUT2D eigenvalue weighted by Crippen LogP contribution is 2.32. The fraction of sp³-hybridized carbons (Fsp3) is 0.250. The first-order valence-electron chi connectivity index (χ1n) is 10.2. The van der Waals surface area contributed by atoms with Crippen LogP contribution in [0.5, 0.6) is 0 Å². The number of hydrogen-bond donors (Lipinski definition) is 2. The van der Waals surface area contributed by atoms with Crippen molar-refractivity contribution in [3.05, 3.63) is 59.2 Å². The molecular weight excluding hydrogens is 392 g/mol. The summed E-state index contributed by atoms with van der Waals surface area (Å²) in [6.07, 6.45) is 3.95. The molecule has 0 aliphatic carbocycles. The van der Waals surface area contributed by atoms with Crippen molar-refractivity contribution in [1.29, 1.82) is 0 Å². The molecule has 7 nitrogen and oxygen atoms in total. The summed E-state index contributed by atoms with van der Waals surface area (Å²) in [7, 11) is 0. The molecule has 0 spiro atoms. The van der Waals surface area contributed by atoms with Gasteiger partial charge in [0.05, 0.1) is 12.2 Å². The summed E-state index contributed by atoms with van der Waals surface area (Å²) < 4.78 is 0. The van der Waals surface area contributed by atoms with E-state index in [9.17, 15) is 14.4 Å². The van der Waals surface area contributed by atoms with E-state index >= 15 is 0 Å². The standard InChI is InChI=1S/C24H26N4O3/c1-2-10-28(15-23(26)30)24(31)20-12-19-8-7-18(13-21(19)27-22(25)14-20)17-5-3-16(4-6-17)9-11-29/h3-8,11-13H,2,9-10,14-15H2,1H3,(H2,25,27)(H2,26,30). The third-order valence-corrected chi connectivity index (χ3v) is 5.00. The van der Waals surface area contributed by atoms with Gasteiger partial charge in [0, 0.05) is 30.5 Å². The van der Waals surface area contributed by atoms with Gasteiger partial charge in [0.25, 0.3) is 5.91 Å². The average molecular weight is 418 g/mol. The molecule has 7 heteroatoms. The Morgan fingerprint density at radius 2 is 1.84 bits per heavy atom. The minimum Gasteiger partial charge on any atom is -0.387 e. The van der Waals surface area contributed by atoms with Crippen molar-refractivity contribution < 1.29 is 14.4 Å². The molecule has 1 heterocycles. The molecule has 2 aromatic carbocycles. The predicted molar refractivity (Wildman–Crippen MR) is 122 cm³/mol. The fourth-order valence-corrected chi connectivity index (χ4v) is 3.55. The minimum atomic E-state index is -0.554. The number of primary amides is 1. The molecule has 3 rings (SSSR count). The molecule has 0 saturated heterocycles. The Kier molecular flexibility index (Phi) is 6.97. The summed E-state index contributed by atoms with van der Waals surface area (Å²) in [5.41, 5.74) is 16.2. The normalized spacial score (nSPS) is 12.8. The quantitative estimate of drug-likeness (QED) is 0.640. The van der Waals surface area contributed by atoms with Crippen LogP contribution in [0.1, 0.15) is 30.9 Å². The molecule has 1 aliphatic rings. The van der Waals surface area contributed by atoms with Crippen LogP contribution in [0.25, 0.3) is 17.2 Å². The molecule has 31 heavy (non-hydrogen) atoms. The van der Waals surface area contributed by atoms with E-state index in [4.69, 9.17) is 11.5 Å². The van der Waals surface area contributed by atoms with Gasteiger partial charge < -0.3 is 21.2 Å². The number of nitrogens with two attached hydrogens (primary N) is 2. The van der Waals surface area contributed by atoms with Crippen LogP contribution in [0.4, 0.5) is 5.69 Å². The first kappa shape index (κ1) is 22.0. The van der Waals surface area contributed by atoms with Gasteiger partial charge in [-0.25, -0.2) is 4.99 Å². The second-order valence-electron chi connectivity index (χ2n) is 7.48. The van der Waals surface area contributed by atoms with E-state index in [0.717, 1.165) is 28.5 Å². The van der Waals surface area contributed by atoms with Crippen LogP contribution in [-0.4, -0.2) is 41.9 Å². The van der Waals surface area contributed by atoms with Crippen molar-refractivity contribution in [2.75, 3.05) is 13.1 Å². The van der Waals surface area contributed by atoms with Gasteiger partial charge in [-0.15, -0.1) is 0 Å². The number of amides is 2. The van der Waals surface area contributed by atoms with E-state index in [1.54, 1.807) is 6.08 Å². The van der Waals surface area contributed by atoms with Crippen molar-refractivity contribution in [3.8, 4) is 11.1 Å². The number of benzene rings is 2. The molecule has 0 bridgehead atoms. The Labute approximate surface area is 181 Å². The maximum absolute atomic E-state index is 13.0. The van der Waals surface area contributed by atoms with Gasteiger partial charge in [0.15, 0.2) is 0 Å². The molecule has 0 atom stereocenters. The molecule has 0 radical (unpaired) electrons. The summed E-state index contributed by atoms with van der Waals surface area (Å²) in [6, 6.07) is 13.5. The highest BCUT2D eigenvalue weighted by molar-refractivity contribution is 6.06. The summed E-state index contributed by atoms with van der Waals surface area (Å²) in [4.78, 5) is 41.0. The van der Waals surface area contributed by atoms with Gasteiger partial charge in [0.1, 0.15) is 12.1 Å². The molecule has 2 aromatic rings. The molecule has 1 aliphatic heterocycles. The van der Waals surface area contributed by atoms with Gasteiger partial charge in [-0.2, -0.15) is 0 Å². The van der Waals surface area contributed by atoms with Gasteiger partial charge in [-0.1, -0.05) is 43.3 Å². The zero-order valence-electron chi connectivity index (χ0n) is 17.5. The number of carbonyl (C=O) groups is 3. The van der Waals surface area contributed by atoms with E-state index in [-0.39, 0.29) is 18.9 Å². The van der Waals surface area contributed by atoms with Gasteiger partial charge in [-0.3, -0.25) is 9.59 Å². The molecular formula is C24H26N4O3. The fourth-order valence-electron chi connectivity index (χ4n) is 3.55. The summed E-state index contributed by atoms with van der Waals surface area (Å²) in [5, 5.41) is 0. The largest absolute Gasteiger partial charge is 0.387 e. The second-order valence-corrected chi connectivity index (χ2v) is 7.48. The lowest BCUT2D eigenvalue weighted by Crippen LogP contribution is -2.40. The van der Waals surface area contributed by atoms with Gasteiger partial charge in [0.2, 0.25) is 5.91 Å². The number of carbonyl (C=O) groups excluding carboxylic acids is 3. The average Bonchev–Trinajstić information content (AvgIpc) is 2.90. The highest BCUT2D eigenvalue weighted by atomic mass is 16.2. The van der Waals surface area contributed by atoms with E-state index in [1.165, 1.54) is 4.90 Å². The Hall–Kier alpha value is -3.74.